The Morgan fingerprint density at radius 2 is 1.58 bits per heavy atom. The molecule has 0 atom stereocenters. The average Bonchev–Trinajstić information content (AvgIpc) is 3.00. The van der Waals surface area contributed by atoms with Crippen LogP contribution in [0, 0.1) is 5.92 Å². The number of anilines is 2. The van der Waals surface area contributed by atoms with Crippen LogP contribution in [0.1, 0.15) is 44.9 Å². The summed E-state index contributed by atoms with van der Waals surface area (Å²) in [6, 6.07) is 9.06. The van der Waals surface area contributed by atoms with E-state index in [1.165, 1.54) is 69.4 Å². The molecule has 0 spiro atoms. The van der Waals surface area contributed by atoms with Crippen LogP contribution < -0.4 is 10.2 Å². The molecule has 1 N–H and O–H groups in total. The molecular weight excluding hydrogens is 232 g/mol. The first kappa shape index (κ1) is 12.8. The maximum absolute atomic E-state index is 3.60. The molecular formula is C17H26N2. The van der Waals surface area contributed by atoms with Crippen molar-refractivity contribution in [3.63, 3.8) is 0 Å². The van der Waals surface area contributed by atoms with Crippen molar-refractivity contribution in [2.45, 2.75) is 44.9 Å². The Balaban J connectivity index is 1.52. The van der Waals surface area contributed by atoms with Gasteiger partial charge in [-0.05, 0) is 62.3 Å². The van der Waals surface area contributed by atoms with Crippen LogP contribution in [-0.4, -0.2) is 19.6 Å². The van der Waals surface area contributed by atoms with E-state index in [2.05, 4.69) is 34.5 Å². The van der Waals surface area contributed by atoms with Crippen LogP contribution in [0.5, 0.6) is 0 Å². The normalized spacial score (nSPS) is 20.7. The maximum Gasteiger partial charge on any atom is 0.0367 e. The Morgan fingerprint density at radius 3 is 2.26 bits per heavy atom. The van der Waals surface area contributed by atoms with Gasteiger partial charge in [0.25, 0.3) is 0 Å². The van der Waals surface area contributed by atoms with Crippen molar-refractivity contribution in [1.29, 1.82) is 0 Å². The lowest BCUT2D eigenvalue weighted by Crippen LogP contribution is -2.29. The lowest BCUT2D eigenvalue weighted by Gasteiger charge is -2.29. The molecule has 1 saturated heterocycles. The fourth-order valence-electron chi connectivity index (χ4n) is 3.42. The first-order valence-corrected chi connectivity index (χ1v) is 8.01. The van der Waals surface area contributed by atoms with Gasteiger partial charge in [-0.1, -0.05) is 12.8 Å². The van der Waals surface area contributed by atoms with E-state index in [4.69, 9.17) is 0 Å². The molecule has 3 rings (SSSR count). The molecule has 19 heavy (non-hydrogen) atoms. The second-order valence-corrected chi connectivity index (χ2v) is 6.13. The summed E-state index contributed by atoms with van der Waals surface area (Å²) in [5.41, 5.74) is 2.68. The predicted molar refractivity (Wildman–Crippen MR) is 83.0 cm³/mol. The van der Waals surface area contributed by atoms with Gasteiger partial charge in [0.15, 0.2) is 0 Å². The molecule has 0 unspecified atom stereocenters. The molecule has 0 aromatic heterocycles. The number of piperidine rings is 1. The molecule has 1 heterocycles. The molecule has 1 aliphatic carbocycles. The van der Waals surface area contributed by atoms with Gasteiger partial charge in [-0.2, -0.15) is 0 Å². The Morgan fingerprint density at radius 1 is 0.895 bits per heavy atom. The minimum absolute atomic E-state index is 0.904. The second kappa shape index (κ2) is 6.31. The largest absolute Gasteiger partial charge is 0.385 e. The summed E-state index contributed by atoms with van der Waals surface area (Å²) >= 11 is 0. The fourth-order valence-corrected chi connectivity index (χ4v) is 3.42. The minimum atomic E-state index is 0.904. The van der Waals surface area contributed by atoms with Crippen molar-refractivity contribution >= 4 is 11.4 Å². The summed E-state index contributed by atoms with van der Waals surface area (Å²) in [5.74, 6) is 0.904. The third-order valence-electron chi connectivity index (χ3n) is 4.66. The van der Waals surface area contributed by atoms with Crippen molar-refractivity contribution in [2.24, 2.45) is 5.92 Å². The number of rotatable bonds is 4. The van der Waals surface area contributed by atoms with Gasteiger partial charge in [-0.15, -0.1) is 0 Å². The van der Waals surface area contributed by atoms with Gasteiger partial charge in [0.1, 0.15) is 0 Å². The first-order valence-electron chi connectivity index (χ1n) is 8.01. The molecule has 1 aromatic carbocycles. The van der Waals surface area contributed by atoms with E-state index in [9.17, 15) is 0 Å². The highest BCUT2D eigenvalue weighted by Gasteiger charge is 2.14. The molecule has 2 fully saturated rings. The van der Waals surface area contributed by atoms with E-state index in [1.54, 1.807) is 0 Å². The van der Waals surface area contributed by atoms with Gasteiger partial charge in [-0.3, -0.25) is 0 Å². The number of hydrogen-bond acceptors (Lipinski definition) is 2. The molecule has 1 aromatic rings. The standard InChI is InChI=1S/C17H26N2/c1-4-12-19(13-5-1)17-10-8-16(9-11-17)18-14-15-6-2-3-7-15/h8-11,15,18H,1-7,12-14H2. The topological polar surface area (TPSA) is 15.3 Å². The van der Waals surface area contributed by atoms with Crippen LogP contribution in [-0.2, 0) is 0 Å². The molecule has 2 heteroatoms. The lowest BCUT2D eigenvalue weighted by molar-refractivity contribution is 0.577. The average molecular weight is 258 g/mol. The van der Waals surface area contributed by atoms with Crippen LogP contribution in [0.4, 0.5) is 11.4 Å². The molecule has 1 aliphatic heterocycles. The highest BCUT2D eigenvalue weighted by Crippen LogP contribution is 2.26. The van der Waals surface area contributed by atoms with Gasteiger partial charge in [0, 0.05) is 31.0 Å². The smallest absolute Gasteiger partial charge is 0.0367 e. The van der Waals surface area contributed by atoms with E-state index in [0.29, 0.717) is 0 Å². The van der Waals surface area contributed by atoms with E-state index in [-0.39, 0.29) is 0 Å². The van der Waals surface area contributed by atoms with Crippen LogP contribution in [0.15, 0.2) is 24.3 Å². The molecule has 0 bridgehead atoms. The van der Waals surface area contributed by atoms with Gasteiger partial charge < -0.3 is 10.2 Å². The van der Waals surface area contributed by atoms with Crippen molar-refractivity contribution in [2.75, 3.05) is 29.9 Å². The summed E-state index contributed by atoms with van der Waals surface area (Å²) in [7, 11) is 0. The zero-order valence-corrected chi connectivity index (χ0v) is 11.9. The lowest BCUT2D eigenvalue weighted by atomic mass is 10.1. The van der Waals surface area contributed by atoms with Crippen LogP contribution >= 0.6 is 0 Å². The fraction of sp³-hybridized carbons (Fsp3) is 0.647. The van der Waals surface area contributed by atoms with Crippen LogP contribution in [0.25, 0.3) is 0 Å². The van der Waals surface area contributed by atoms with Crippen molar-refractivity contribution in [1.82, 2.24) is 0 Å². The molecule has 2 nitrogen and oxygen atoms in total. The highest BCUT2D eigenvalue weighted by molar-refractivity contribution is 5.55. The molecule has 104 valence electrons. The van der Waals surface area contributed by atoms with Crippen LogP contribution in [0.3, 0.4) is 0 Å². The highest BCUT2D eigenvalue weighted by atomic mass is 15.1. The Labute approximate surface area is 117 Å². The summed E-state index contributed by atoms with van der Waals surface area (Å²) in [6.07, 6.45) is 9.79. The Hall–Kier alpha value is -1.18. The van der Waals surface area contributed by atoms with Crippen LogP contribution in [0.2, 0.25) is 0 Å². The van der Waals surface area contributed by atoms with Crippen molar-refractivity contribution in [3.05, 3.63) is 24.3 Å². The van der Waals surface area contributed by atoms with Crippen molar-refractivity contribution < 1.29 is 0 Å². The van der Waals surface area contributed by atoms with E-state index < -0.39 is 0 Å². The maximum atomic E-state index is 3.60. The number of hydrogen-bond donors (Lipinski definition) is 1. The summed E-state index contributed by atoms with van der Waals surface area (Å²) in [4.78, 5) is 2.52. The third kappa shape index (κ3) is 3.43. The van der Waals surface area contributed by atoms with Gasteiger partial charge in [0.05, 0.1) is 0 Å². The van der Waals surface area contributed by atoms with E-state index >= 15 is 0 Å². The number of nitrogens with zero attached hydrogens (tertiary/aromatic N) is 1. The zero-order chi connectivity index (χ0) is 12.9. The van der Waals surface area contributed by atoms with Gasteiger partial charge >= 0.3 is 0 Å². The summed E-state index contributed by atoms with van der Waals surface area (Å²) in [5, 5.41) is 3.60. The van der Waals surface area contributed by atoms with Gasteiger partial charge in [-0.25, -0.2) is 0 Å². The van der Waals surface area contributed by atoms with Crippen molar-refractivity contribution in [3.8, 4) is 0 Å². The molecule has 0 amide bonds. The van der Waals surface area contributed by atoms with E-state index in [1.807, 2.05) is 0 Å². The monoisotopic (exact) mass is 258 g/mol. The number of nitrogens with one attached hydrogen (secondary N) is 1. The quantitative estimate of drug-likeness (QED) is 0.867. The summed E-state index contributed by atoms with van der Waals surface area (Å²) < 4.78 is 0. The minimum Gasteiger partial charge on any atom is -0.385 e. The zero-order valence-electron chi connectivity index (χ0n) is 11.9. The number of benzene rings is 1. The Kier molecular flexibility index (Phi) is 4.27. The van der Waals surface area contributed by atoms with E-state index in [0.717, 1.165) is 12.5 Å². The molecule has 1 saturated carbocycles. The molecule has 2 aliphatic rings. The molecule has 0 radical (unpaired) electrons. The SMILES string of the molecule is c1cc(N2CCCCC2)ccc1NCC1CCCC1. The Bertz CT molecular complexity index is 373. The predicted octanol–water partition coefficient (Wildman–Crippen LogP) is 4.28. The summed E-state index contributed by atoms with van der Waals surface area (Å²) in [6.45, 7) is 3.62. The third-order valence-corrected chi connectivity index (χ3v) is 4.66. The second-order valence-electron chi connectivity index (χ2n) is 6.13. The van der Waals surface area contributed by atoms with Gasteiger partial charge in [0.2, 0.25) is 0 Å². The first-order chi connectivity index (χ1) is 9.42.